The Morgan fingerprint density at radius 1 is 1.27 bits per heavy atom. The highest BCUT2D eigenvalue weighted by molar-refractivity contribution is 7.99. The van der Waals surface area contributed by atoms with Crippen LogP contribution in [0.25, 0.3) is 0 Å². The van der Waals surface area contributed by atoms with Crippen molar-refractivity contribution in [1.29, 1.82) is 5.26 Å². The van der Waals surface area contributed by atoms with Gasteiger partial charge in [0.2, 0.25) is 0 Å². The zero-order chi connectivity index (χ0) is 15.9. The number of rotatable bonds is 5. The summed E-state index contributed by atoms with van der Waals surface area (Å²) in [6.07, 6.45) is -0.568. The van der Waals surface area contributed by atoms with Gasteiger partial charge >= 0.3 is 0 Å². The summed E-state index contributed by atoms with van der Waals surface area (Å²) in [7, 11) is 0. The van der Waals surface area contributed by atoms with Crippen molar-refractivity contribution >= 4 is 17.7 Å². The predicted octanol–water partition coefficient (Wildman–Crippen LogP) is 2.82. The third-order valence-corrected chi connectivity index (χ3v) is 3.99. The summed E-state index contributed by atoms with van der Waals surface area (Å²) in [5.74, 6) is -0.213. The lowest BCUT2D eigenvalue weighted by Crippen LogP contribution is -2.30. The van der Waals surface area contributed by atoms with Gasteiger partial charge in [-0.2, -0.15) is 5.26 Å². The van der Waals surface area contributed by atoms with Gasteiger partial charge in [0.1, 0.15) is 6.07 Å². The molecular weight excluding hydrogens is 296 g/mol. The molecule has 0 unspecified atom stereocenters. The second-order valence-electron chi connectivity index (χ2n) is 4.79. The van der Waals surface area contributed by atoms with E-state index >= 15 is 0 Å². The summed E-state index contributed by atoms with van der Waals surface area (Å²) >= 11 is 1.48. The average Bonchev–Trinajstić information content (AvgIpc) is 2.54. The highest BCUT2D eigenvalue weighted by atomic mass is 32.2. The van der Waals surface area contributed by atoms with Crippen LogP contribution in [0.15, 0.2) is 58.3 Å². The number of nitriles is 1. The smallest absolute Gasteiger partial charge is 0.251 e. The number of amides is 1. The molecule has 0 aromatic heterocycles. The van der Waals surface area contributed by atoms with E-state index < -0.39 is 6.10 Å². The lowest BCUT2D eigenvalue weighted by Gasteiger charge is -2.08. The third kappa shape index (κ3) is 4.35. The van der Waals surface area contributed by atoms with Crippen LogP contribution >= 0.6 is 11.8 Å². The Balaban J connectivity index is 2.06. The first-order chi connectivity index (χ1) is 10.6. The van der Waals surface area contributed by atoms with E-state index in [1.165, 1.54) is 11.8 Å². The number of benzene rings is 2. The summed E-state index contributed by atoms with van der Waals surface area (Å²) in [6.45, 7) is 1.84. The van der Waals surface area contributed by atoms with Crippen LogP contribution in [0.3, 0.4) is 0 Å². The summed E-state index contributed by atoms with van der Waals surface area (Å²) in [5, 5.41) is 20.9. The molecule has 0 aliphatic rings. The van der Waals surface area contributed by atoms with Crippen molar-refractivity contribution in [1.82, 2.24) is 5.32 Å². The Kier molecular flexibility index (Phi) is 5.59. The largest absolute Gasteiger partial charge is 0.392 e. The van der Waals surface area contributed by atoms with E-state index in [0.29, 0.717) is 11.1 Å². The van der Waals surface area contributed by atoms with Gasteiger partial charge in [0.05, 0.1) is 11.7 Å². The molecule has 0 aliphatic heterocycles. The van der Waals surface area contributed by atoms with Crippen molar-refractivity contribution in [2.75, 3.05) is 6.54 Å². The van der Waals surface area contributed by atoms with Crippen molar-refractivity contribution in [3.8, 4) is 6.07 Å². The van der Waals surface area contributed by atoms with Crippen molar-refractivity contribution in [2.24, 2.45) is 0 Å². The molecule has 2 aromatic rings. The first-order valence-electron chi connectivity index (χ1n) is 6.83. The molecule has 1 atom stereocenters. The Bertz CT molecular complexity index is 691. The van der Waals surface area contributed by atoms with Crippen LogP contribution in [0.5, 0.6) is 0 Å². The zero-order valence-corrected chi connectivity index (χ0v) is 12.9. The summed E-state index contributed by atoms with van der Waals surface area (Å²) < 4.78 is 0. The minimum Gasteiger partial charge on any atom is -0.392 e. The summed E-state index contributed by atoms with van der Waals surface area (Å²) in [4.78, 5) is 13.7. The molecule has 5 heteroatoms. The van der Waals surface area contributed by atoms with Crippen LogP contribution < -0.4 is 5.32 Å². The fourth-order valence-electron chi connectivity index (χ4n) is 1.79. The first kappa shape index (κ1) is 16.1. The molecule has 0 bridgehead atoms. The molecule has 0 aliphatic carbocycles. The van der Waals surface area contributed by atoms with Crippen LogP contribution in [-0.4, -0.2) is 23.7 Å². The van der Waals surface area contributed by atoms with E-state index in [2.05, 4.69) is 11.4 Å². The third-order valence-electron chi connectivity index (χ3n) is 2.91. The van der Waals surface area contributed by atoms with Crippen LogP contribution in [0, 0.1) is 11.3 Å². The monoisotopic (exact) mass is 312 g/mol. The van der Waals surface area contributed by atoms with E-state index in [-0.39, 0.29) is 12.5 Å². The lowest BCUT2D eigenvalue weighted by atomic mass is 10.2. The van der Waals surface area contributed by atoms with Gasteiger partial charge in [-0.15, -0.1) is 0 Å². The maximum Gasteiger partial charge on any atom is 0.251 e. The predicted molar refractivity (Wildman–Crippen MR) is 85.7 cm³/mol. The van der Waals surface area contributed by atoms with Gasteiger partial charge in [-0.25, -0.2) is 0 Å². The van der Waals surface area contributed by atoms with Gasteiger partial charge < -0.3 is 10.4 Å². The molecule has 2 rings (SSSR count). The summed E-state index contributed by atoms with van der Waals surface area (Å²) in [6, 6.07) is 16.7. The number of aliphatic hydroxyl groups is 1. The standard InChI is InChI=1S/C17H16N2O2S/c1-12(20)11-19-17(21)13-6-8-15(9-7-13)22-16-5-3-2-4-14(16)10-18/h2-9,12,20H,11H2,1H3,(H,19,21)/t12-/m0/s1. The molecule has 2 N–H and O–H groups in total. The van der Waals surface area contributed by atoms with Gasteiger partial charge in [0.25, 0.3) is 5.91 Å². The molecule has 1 amide bonds. The molecule has 0 spiro atoms. The molecule has 0 fully saturated rings. The molecule has 4 nitrogen and oxygen atoms in total. The molecule has 0 heterocycles. The van der Waals surface area contributed by atoms with E-state index in [4.69, 9.17) is 10.4 Å². The van der Waals surface area contributed by atoms with Gasteiger partial charge in [-0.3, -0.25) is 4.79 Å². The van der Waals surface area contributed by atoms with Crippen molar-refractivity contribution in [3.63, 3.8) is 0 Å². The Labute approximate surface area is 133 Å². The molecule has 22 heavy (non-hydrogen) atoms. The first-order valence-corrected chi connectivity index (χ1v) is 7.65. The summed E-state index contributed by atoms with van der Waals surface area (Å²) in [5.41, 5.74) is 1.17. The van der Waals surface area contributed by atoms with Crippen molar-refractivity contribution < 1.29 is 9.90 Å². The van der Waals surface area contributed by atoms with Crippen molar-refractivity contribution in [2.45, 2.75) is 22.8 Å². The topological polar surface area (TPSA) is 73.1 Å². The minimum absolute atomic E-state index is 0.213. The van der Waals surface area contributed by atoms with E-state index in [0.717, 1.165) is 9.79 Å². The second kappa shape index (κ2) is 7.64. The molecule has 0 saturated carbocycles. The Hall–Kier alpha value is -2.29. The normalized spacial score (nSPS) is 11.5. The zero-order valence-electron chi connectivity index (χ0n) is 12.1. The fraction of sp³-hybridized carbons (Fsp3) is 0.176. The fourth-order valence-corrected chi connectivity index (χ4v) is 2.69. The van der Waals surface area contributed by atoms with Gasteiger partial charge in [-0.1, -0.05) is 23.9 Å². The SMILES string of the molecule is C[C@H](O)CNC(=O)c1ccc(Sc2ccccc2C#N)cc1. The minimum atomic E-state index is -0.568. The molecule has 2 aromatic carbocycles. The second-order valence-corrected chi connectivity index (χ2v) is 5.91. The molecule has 0 radical (unpaired) electrons. The number of aliphatic hydroxyl groups excluding tert-OH is 1. The highest BCUT2D eigenvalue weighted by Gasteiger charge is 2.07. The Morgan fingerprint density at radius 3 is 2.59 bits per heavy atom. The van der Waals surface area contributed by atoms with E-state index in [1.807, 2.05) is 30.3 Å². The van der Waals surface area contributed by atoms with Crippen LogP contribution in [0.4, 0.5) is 0 Å². The Morgan fingerprint density at radius 2 is 1.95 bits per heavy atom. The lowest BCUT2D eigenvalue weighted by molar-refractivity contribution is 0.0924. The molecule has 112 valence electrons. The number of carbonyl (C=O) groups excluding carboxylic acids is 1. The van der Waals surface area contributed by atoms with Gasteiger partial charge in [0.15, 0.2) is 0 Å². The molecular formula is C17H16N2O2S. The van der Waals surface area contributed by atoms with Crippen LogP contribution in [0.1, 0.15) is 22.8 Å². The number of nitrogens with one attached hydrogen (secondary N) is 1. The van der Waals surface area contributed by atoms with Crippen LogP contribution in [-0.2, 0) is 0 Å². The maximum absolute atomic E-state index is 11.8. The van der Waals surface area contributed by atoms with Gasteiger partial charge in [0, 0.05) is 21.9 Å². The molecule has 0 saturated heterocycles. The number of hydrogen-bond donors (Lipinski definition) is 2. The van der Waals surface area contributed by atoms with Gasteiger partial charge in [-0.05, 0) is 43.3 Å². The van der Waals surface area contributed by atoms with Crippen molar-refractivity contribution in [3.05, 3.63) is 59.7 Å². The quantitative estimate of drug-likeness (QED) is 0.890. The van der Waals surface area contributed by atoms with E-state index in [1.54, 1.807) is 25.1 Å². The number of nitrogens with zero attached hydrogens (tertiary/aromatic N) is 1. The maximum atomic E-state index is 11.8. The highest BCUT2D eigenvalue weighted by Crippen LogP contribution is 2.30. The average molecular weight is 312 g/mol. The number of carbonyl (C=O) groups is 1. The number of hydrogen-bond acceptors (Lipinski definition) is 4. The van der Waals surface area contributed by atoms with Crippen LogP contribution in [0.2, 0.25) is 0 Å². The van der Waals surface area contributed by atoms with E-state index in [9.17, 15) is 4.79 Å².